The zero-order valence-electron chi connectivity index (χ0n) is 7.26. The van der Waals surface area contributed by atoms with Gasteiger partial charge in [0.15, 0.2) is 0 Å². The average molecular weight is 195 g/mol. The van der Waals surface area contributed by atoms with Gasteiger partial charge in [0.25, 0.3) is 0 Å². The maximum absolute atomic E-state index is 5.96. The third-order valence-electron chi connectivity index (χ3n) is 1.13. The Balaban J connectivity index is 3.79. The first-order valence-electron chi connectivity index (χ1n) is 3.65. The smallest absolute Gasteiger partial charge is 0.383 e. The molecule has 0 saturated carbocycles. The largest absolute Gasteiger partial charge is 0.440 e. The maximum Gasteiger partial charge on any atom is 0.440 e. The molecule has 0 rings (SSSR count). The zero-order valence-corrected chi connectivity index (χ0v) is 9.02. The first kappa shape index (κ1) is 11.2. The molecule has 11 heavy (non-hydrogen) atoms. The normalized spacial score (nSPS) is 18.9. The highest BCUT2D eigenvalue weighted by molar-refractivity contribution is 7.12. The van der Waals surface area contributed by atoms with E-state index in [2.05, 4.69) is 6.58 Å². The lowest BCUT2D eigenvalue weighted by Crippen LogP contribution is -2.35. The molecule has 0 aliphatic rings. The Kier molecular flexibility index (Phi) is 5.00. The van der Waals surface area contributed by atoms with Gasteiger partial charge in [0.2, 0.25) is 0 Å². The predicted molar refractivity (Wildman–Crippen MR) is 49.8 cm³/mol. The van der Waals surface area contributed by atoms with Crippen molar-refractivity contribution in [2.75, 3.05) is 6.61 Å². The summed E-state index contributed by atoms with van der Waals surface area (Å²) < 4.78 is 10.6. The molecule has 0 N–H and O–H groups in total. The van der Waals surface area contributed by atoms with Crippen LogP contribution in [0.1, 0.15) is 13.8 Å². The fraction of sp³-hybridized carbons (Fsp3) is 0.714. The molecule has 4 heteroatoms. The highest BCUT2D eigenvalue weighted by atomic mass is 35.6. The minimum absolute atomic E-state index is 0.0317. The van der Waals surface area contributed by atoms with E-state index >= 15 is 0 Å². The van der Waals surface area contributed by atoms with Gasteiger partial charge >= 0.3 is 7.87 Å². The molecule has 0 aliphatic heterocycles. The van der Waals surface area contributed by atoms with Gasteiger partial charge < -0.3 is 8.85 Å². The zero-order chi connectivity index (χ0) is 8.91. The predicted octanol–water partition coefficient (Wildman–Crippen LogP) is 2.42. The fourth-order valence-corrected chi connectivity index (χ4v) is 2.76. The summed E-state index contributed by atoms with van der Waals surface area (Å²) in [5, 5.41) is 0. The molecule has 0 aromatic heterocycles. The van der Waals surface area contributed by atoms with Crippen molar-refractivity contribution in [2.45, 2.75) is 26.5 Å². The summed E-state index contributed by atoms with van der Waals surface area (Å²) in [6.45, 7) is 9.77. The minimum atomic E-state index is -2.39. The van der Waals surface area contributed by atoms with Crippen molar-refractivity contribution < 1.29 is 8.85 Å². The fourth-order valence-electron chi connectivity index (χ4n) is 0.672. The summed E-state index contributed by atoms with van der Waals surface area (Å²) in [5.41, 5.74) is 0. The number of hydrogen-bond donors (Lipinski definition) is 0. The van der Waals surface area contributed by atoms with Crippen LogP contribution in [0.25, 0.3) is 0 Å². The molecular weight excluding hydrogens is 180 g/mol. The van der Waals surface area contributed by atoms with E-state index in [1.165, 1.54) is 0 Å². The van der Waals surface area contributed by atoms with Crippen molar-refractivity contribution in [1.29, 1.82) is 0 Å². The summed E-state index contributed by atoms with van der Waals surface area (Å²) in [4.78, 5) is 0. The second-order valence-corrected chi connectivity index (χ2v) is 6.58. The van der Waals surface area contributed by atoms with E-state index in [9.17, 15) is 0 Å². The van der Waals surface area contributed by atoms with Gasteiger partial charge in [-0.15, -0.1) is 6.58 Å². The van der Waals surface area contributed by atoms with E-state index in [0.717, 1.165) is 0 Å². The third kappa shape index (κ3) is 5.44. The van der Waals surface area contributed by atoms with Gasteiger partial charge in [-0.25, -0.2) is 0 Å². The highest BCUT2D eigenvalue weighted by Gasteiger charge is 2.29. The minimum Gasteiger partial charge on any atom is -0.383 e. The molecule has 2 nitrogen and oxygen atoms in total. The van der Waals surface area contributed by atoms with Crippen molar-refractivity contribution in [1.82, 2.24) is 0 Å². The van der Waals surface area contributed by atoms with Gasteiger partial charge in [0.05, 0.1) is 6.10 Å². The van der Waals surface area contributed by atoms with Crippen LogP contribution in [-0.2, 0) is 8.85 Å². The Hall–Kier alpha value is 0.167. The molecule has 0 amide bonds. The summed E-state index contributed by atoms with van der Waals surface area (Å²) >= 11 is 5.96. The van der Waals surface area contributed by atoms with E-state index in [-0.39, 0.29) is 6.10 Å². The van der Waals surface area contributed by atoms with Crippen LogP contribution >= 0.6 is 11.1 Å². The molecule has 0 aromatic rings. The van der Waals surface area contributed by atoms with Crippen LogP contribution in [0, 0.1) is 0 Å². The van der Waals surface area contributed by atoms with Crippen LogP contribution in [0.15, 0.2) is 12.7 Å². The van der Waals surface area contributed by atoms with Crippen LogP contribution in [0.3, 0.4) is 0 Å². The molecule has 0 radical (unpaired) electrons. The lowest BCUT2D eigenvalue weighted by atomic mass is 10.4. The second-order valence-electron chi connectivity index (χ2n) is 2.33. The molecule has 0 spiro atoms. The van der Waals surface area contributed by atoms with Crippen LogP contribution in [0.2, 0.25) is 6.55 Å². The third-order valence-corrected chi connectivity index (χ3v) is 3.32. The lowest BCUT2D eigenvalue weighted by molar-refractivity contribution is 0.174. The van der Waals surface area contributed by atoms with Crippen molar-refractivity contribution >= 4 is 18.9 Å². The summed E-state index contributed by atoms with van der Waals surface area (Å²) in [6, 6.07) is 0. The lowest BCUT2D eigenvalue weighted by Gasteiger charge is -2.21. The molecule has 66 valence electrons. The molecule has 0 bridgehead atoms. The van der Waals surface area contributed by atoms with Crippen molar-refractivity contribution in [2.24, 2.45) is 0 Å². The Morgan fingerprint density at radius 3 is 2.64 bits per heavy atom. The first-order valence-corrected chi connectivity index (χ1v) is 6.98. The highest BCUT2D eigenvalue weighted by Crippen LogP contribution is 2.14. The van der Waals surface area contributed by atoms with Crippen LogP contribution in [0.4, 0.5) is 0 Å². The van der Waals surface area contributed by atoms with E-state index in [1.54, 1.807) is 12.6 Å². The van der Waals surface area contributed by atoms with Gasteiger partial charge in [-0.2, -0.15) is 0 Å². The number of hydrogen-bond acceptors (Lipinski definition) is 2. The van der Waals surface area contributed by atoms with E-state index in [4.69, 9.17) is 19.9 Å². The molecule has 0 fully saturated rings. The van der Waals surface area contributed by atoms with Gasteiger partial charge in [0, 0.05) is 6.61 Å². The number of halogens is 1. The Labute approximate surface area is 74.1 Å². The molecule has 0 aromatic carbocycles. The SMILES string of the molecule is C=CC(C)O[Si](C)(Cl)OCC. The van der Waals surface area contributed by atoms with Crippen molar-refractivity contribution in [3.8, 4) is 0 Å². The number of rotatable bonds is 5. The summed E-state index contributed by atoms with van der Waals surface area (Å²) in [5.74, 6) is 0. The topological polar surface area (TPSA) is 18.5 Å². The quantitative estimate of drug-likeness (QED) is 0.380. The maximum atomic E-state index is 5.96. The standard InChI is InChI=1S/C7H15ClO2Si/c1-5-7(3)10-11(4,8)9-6-2/h5,7H,1,6H2,2-4H3. The average Bonchev–Trinajstić information content (AvgIpc) is 1.86. The van der Waals surface area contributed by atoms with Crippen molar-refractivity contribution in [3.63, 3.8) is 0 Å². The van der Waals surface area contributed by atoms with Crippen LogP contribution in [0.5, 0.6) is 0 Å². The second kappa shape index (κ2) is 4.93. The van der Waals surface area contributed by atoms with Gasteiger partial charge in [-0.05, 0) is 20.4 Å². The summed E-state index contributed by atoms with van der Waals surface area (Å²) in [6.07, 6.45) is 1.67. The van der Waals surface area contributed by atoms with E-state index < -0.39 is 7.87 Å². The molecule has 2 unspecified atom stereocenters. The van der Waals surface area contributed by atoms with E-state index in [0.29, 0.717) is 6.61 Å². The van der Waals surface area contributed by atoms with Crippen LogP contribution < -0.4 is 0 Å². The van der Waals surface area contributed by atoms with E-state index in [1.807, 2.05) is 13.8 Å². The van der Waals surface area contributed by atoms with Crippen molar-refractivity contribution in [3.05, 3.63) is 12.7 Å². The Bertz CT molecular complexity index is 128. The Morgan fingerprint density at radius 1 is 1.73 bits per heavy atom. The molecule has 0 heterocycles. The summed E-state index contributed by atoms with van der Waals surface area (Å²) in [7, 11) is -2.39. The molecule has 2 atom stereocenters. The van der Waals surface area contributed by atoms with Gasteiger partial charge in [0.1, 0.15) is 0 Å². The van der Waals surface area contributed by atoms with Gasteiger partial charge in [-0.1, -0.05) is 17.2 Å². The molecule has 0 aliphatic carbocycles. The molecule has 0 saturated heterocycles. The van der Waals surface area contributed by atoms with Gasteiger partial charge in [-0.3, -0.25) is 0 Å². The Morgan fingerprint density at radius 2 is 2.27 bits per heavy atom. The molecular formula is C7H15ClO2Si. The monoisotopic (exact) mass is 194 g/mol. The first-order chi connectivity index (χ1) is 5.02. The van der Waals surface area contributed by atoms with Crippen LogP contribution in [-0.4, -0.2) is 20.6 Å².